The van der Waals surface area contributed by atoms with Crippen molar-refractivity contribution in [1.82, 2.24) is 16.2 Å². The standard InChI is InChI=1S/C20H22N4O4S/c1-14-7-5-6-10-16(14)28-13-19(27)22-20(29)24-23-18(26)12-11-17(25)21-15-8-3-2-4-9-15/h2-10H,11-13H2,1H3,(H,21,25)(H,23,26)(H2,22,24,27,29). The fourth-order valence-corrected chi connectivity index (χ4v) is 2.38. The molecule has 0 aliphatic carbocycles. The maximum Gasteiger partial charge on any atom is 0.264 e. The van der Waals surface area contributed by atoms with Crippen molar-refractivity contribution < 1.29 is 19.1 Å². The van der Waals surface area contributed by atoms with Gasteiger partial charge < -0.3 is 10.1 Å². The van der Waals surface area contributed by atoms with Gasteiger partial charge in [-0.25, -0.2) is 0 Å². The first-order valence-corrected chi connectivity index (χ1v) is 9.27. The highest BCUT2D eigenvalue weighted by Crippen LogP contribution is 2.15. The maximum absolute atomic E-state index is 11.8. The van der Waals surface area contributed by atoms with Crippen molar-refractivity contribution in [2.75, 3.05) is 11.9 Å². The molecule has 0 unspecified atom stereocenters. The Balaban J connectivity index is 1.61. The third-order valence-electron chi connectivity index (χ3n) is 3.66. The Labute approximate surface area is 174 Å². The minimum absolute atomic E-state index is 0.00575. The topological polar surface area (TPSA) is 109 Å². The number of carbonyl (C=O) groups excluding carboxylic acids is 3. The molecule has 152 valence electrons. The Kier molecular flexibility index (Phi) is 8.58. The lowest BCUT2D eigenvalue weighted by atomic mass is 10.2. The van der Waals surface area contributed by atoms with Crippen LogP contribution in [-0.4, -0.2) is 29.4 Å². The number of thiocarbonyl (C=S) groups is 1. The van der Waals surface area contributed by atoms with Crippen LogP contribution in [0, 0.1) is 6.92 Å². The summed E-state index contributed by atoms with van der Waals surface area (Å²) in [5, 5.41) is 4.99. The Bertz CT molecular complexity index is 874. The first kappa shape index (κ1) is 21.8. The number of rotatable bonds is 7. The number of nitrogens with one attached hydrogen (secondary N) is 4. The first-order chi connectivity index (χ1) is 13.9. The SMILES string of the molecule is Cc1ccccc1OCC(=O)NC(=S)NNC(=O)CCC(=O)Nc1ccccc1. The summed E-state index contributed by atoms with van der Waals surface area (Å²) in [7, 11) is 0. The van der Waals surface area contributed by atoms with Crippen LogP contribution in [0.4, 0.5) is 5.69 Å². The summed E-state index contributed by atoms with van der Waals surface area (Å²) >= 11 is 4.94. The van der Waals surface area contributed by atoms with E-state index in [1.807, 2.05) is 31.2 Å². The largest absolute Gasteiger partial charge is 0.483 e. The summed E-state index contributed by atoms with van der Waals surface area (Å²) in [5.74, 6) is -0.595. The average Bonchev–Trinajstić information content (AvgIpc) is 2.71. The molecule has 8 nitrogen and oxygen atoms in total. The lowest BCUT2D eigenvalue weighted by Gasteiger charge is -2.12. The number of hydrazine groups is 1. The monoisotopic (exact) mass is 414 g/mol. The molecule has 0 bridgehead atoms. The van der Waals surface area contributed by atoms with Crippen LogP contribution in [0.5, 0.6) is 5.75 Å². The van der Waals surface area contributed by atoms with Gasteiger partial charge in [0.05, 0.1) is 0 Å². The summed E-state index contributed by atoms with van der Waals surface area (Å²) in [6.45, 7) is 1.65. The van der Waals surface area contributed by atoms with E-state index in [-0.39, 0.29) is 30.5 Å². The fraction of sp³-hybridized carbons (Fsp3) is 0.200. The van der Waals surface area contributed by atoms with Crippen molar-refractivity contribution in [3.8, 4) is 5.75 Å². The van der Waals surface area contributed by atoms with Crippen LogP contribution < -0.4 is 26.2 Å². The van der Waals surface area contributed by atoms with E-state index >= 15 is 0 Å². The average molecular weight is 414 g/mol. The Morgan fingerprint density at radius 1 is 0.862 bits per heavy atom. The molecule has 0 radical (unpaired) electrons. The van der Waals surface area contributed by atoms with E-state index in [1.54, 1.807) is 30.3 Å². The van der Waals surface area contributed by atoms with E-state index in [0.29, 0.717) is 11.4 Å². The number of hydrogen-bond donors (Lipinski definition) is 4. The molecule has 0 aromatic heterocycles. The van der Waals surface area contributed by atoms with Gasteiger partial charge in [-0.1, -0.05) is 36.4 Å². The normalized spacial score (nSPS) is 9.83. The molecule has 2 aromatic carbocycles. The van der Waals surface area contributed by atoms with Crippen LogP contribution >= 0.6 is 12.2 Å². The van der Waals surface area contributed by atoms with Crippen molar-refractivity contribution in [3.63, 3.8) is 0 Å². The van der Waals surface area contributed by atoms with E-state index in [0.717, 1.165) is 5.56 Å². The van der Waals surface area contributed by atoms with E-state index in [9.17, 15) is 14.4 Å². The summed E-state index contributed by atoms with van der Waals surface area (Å²) in [6.07, 6.45) is -0.0373. The van der Waals surface area contributed by atoms with Crippen molar-refractivity contribution in [2.24, 2.45) is 0 Å². The molecular formula is C20H22N4O4S. The third kappa shape index (κ3) is 8.39. The smallest absolute Gasteiger partial charge is 0.264 e. The summed E-state index contributed by atoms with van der Waals surface area (Å²) in [5.41, 5.74) is 6.30. The van der Waals surface area contributed by atoms with Crippen LogP contribution in [0.25, 0.3) is 0 Å². The minimum atomic E-state index is -0.470. The molecule has 3 amide bonds. The Morgan fingerprint density at radius 2 is 1.52 bits per heavy atom. The fourth-order valence-electron chi connectivity index (χ4n) is 2.22. The second-order valence-electron chi connectivity index (χ2n) is 6.02. The van der Waals surface area contributed by atoms with E-state index in [1.165, 1.54) is 0 Å². The van der Waals surface area contributed by atoms with Gasteiger partial charge in [0, 0.05) is 18.5 Å². The maximum atomic E-state index is 11.8. The number of amides is 3. The van der Waals surface area contributed by atoms with Crippen LogP contribution in [0.15, 0.2) is 54.6 Å². The number of benzene rings is 2. The van der Waals surface area contributed by atoms with Crippen molar-refractivity contribution >= 4 is 40.7 Å². The van der Waals surface area contributed by atoms with Crippen LogP contribution in [-0.2, 0) is 14.4 Å². The Morgan fingerprint density at radius 3 is 2.24 bits per heavy atom. The molecule has 29 heavy (non-hydrogen) atoms. The van der Waals surface area contributed by atoms with Gasteiger partial charge in [-0.05, 0) is 42.9 Å². The van der Waals surface area contributed by atoms with Crippen molar-refractivity contribution in [2.45, 2.75) is 19.8 Å². The molecule has 0 heterocycles. The Hall–Kier alpha value is -3.46. The molecule has 9 heteroatoms. The van der Waals surface area contributed by atoms with Crippen molar-refractivity contribution in [3.05, 3.63) is 60.2 Å². The lowest BCUT2D eigenvalue weighted by Crippen LogP contribution is -2.49. The third-order valence-corrected chi connectivity index (χ3v) is 3.86. The minimum Gasteiger partial charge on any atom is -0.483 e. The van der Waals surface area contributed by atoms with Gasteiger partial charge in [-0.3, -0.25) is 30.6 Å². The molecule has 0 saturated carbocycles. The molecule has 0 atom stereocenters. The summed E-state index contributed by atoms with van der Waals surface area (Å²) in [4.78, 5) is 35.4. The predicted molar refractivity (Wildman–Crippen MR) is 113 cm³/mol. The molecule has 0 spiro atoms. The van der Waals surface area contributed by atoms with Gasteiger partial charge in [0.2, 0.25) is 11.8 Å². The van der Waals surface area contributed by atoms with Crippen molar-refractivity contribution in [1.29, 1.82) is 0 Å². The zero-order chi connectivity index (χ0) is 21.1. The van der Waals surface area contributed by atoms with Gasteiger partial charge in [0.25, 0.3) is 5.91 Å². The van der Waals surface area contributed by atoms with Crippen LogP contribution in [0.1, 0.15) is 18.4 Å². The number of aryl methyl sites for hydroxylation is 1. The van der Waals surface area contributed by atoms with Gasteiger partial charge in [-0.15, -0.1) is 0 Å². The quantitative estimate of drug-likeness (QED) is 0.407. The van der Waals surface area contributed by atoms with Gasteiger partial charge in [0.15, 0.2) is 11.7 Å². The number of ether oxygens (including phenoxy) is 1. The summed E-state index contributed by atoms with van der Waals surface area (Å²) < 4.78 is 5.41. The number of anilines is 1. The summed E-state index contributed by atoms with van der Waals surface area (Å²) in [6, 6.07) is 16.2. The highest BCUT2D eigenvalue weighted by molar-refractivity contribution is 7.80. The van der Waals surface area contributed by atoms with E-state index in [2.05, 4.69) is 21.5 Å². The second-order valence-corrected chi connectivity index (χ2v) is 6.43. The zero-order valence-electron chi connectivity index (χ0n) is 15.9. The molecule has 0 fully saturated rings. The van der Waals surface area contributed by atoms with Crippen LogP contribution in [0.2, 0.25) is 0 Å². The molecule has 2 rings (SSSR count). The van der Waals surface area contributed by atoms with Gasteiger partial charge in [-0.2, -0.15) is 0 Å². The molecule has 0 aliphatic heterocycles. The molecule has 0 saturated heterocycles. The van der Waals surface area contributed by atoms with E-state index < -0.39 is 11.8 Å². The second kappa shape index (κ2) is 11.4. The highest BCUT2D eigenvalue weighted by atomic mass is 32.1. The number of hydrogen-bond acceptors (Lipinski definition) is 5. The number of para-hydroxylation sites is 2. The molecule has 4 N–H and O–H groups in total. The lowest BCUT2D eigenvalue weighted by molar-refractivity contribution is -0.125. The van der Waals surface area contributed by atoms with Gasteiger partial charge >= 0.3 is 0 Å². The highest BCUT2D eigenvalue weighted by Gasteiger charge is 2.10. The van der Waals surface area contributed by atoms with E-state index in [4.69, 9.17) is 17.0 Å². The zero-order valence-corrected chi connectivity index (χ0v) is 16.7. The van der Waals surface area contributed by atoms with Crippen LogP contribution in [0.3, 0.4) is 0 Å². The van der Waals surface area contributed by atoms with Gasteiger partial charge in [0.1, 0.15) is 5.75 Å². The molecule has 2 aromatic rings. The molecular weight excluding hydrogens is 392 g/mol. The first-order valence-electron chi connectivity index (χ1n) is 8.86. The molecule has 0 aliphatic rings. The number of carbonyl (C=O) groups is 3. The predicted octanol–water partition coefficient (Wildman–Crippen LogP) is 1.81.